The van der Waals surface area contributed by atoms with Crippen molar-refractivity contribution in [2.75, 3.05) is 18.9 Å². The van der Waals surface area contributed by atoms with Crippen LogP contribution in [0.4, 0.5) is 10.1 Å². The number of pyridine rings is 1. The number of benzene rings is 1. The summed E-state index contributed by atoms with van der Waals surface area (Å²) in [7, 11) is 1.57. The van der Waals surface area contributed by atoms with E-state index in [0.29, 0.717) is 10.7 Å². The van der Waals surface area contributed by atoms with Gasteiger partial charge in [0.2, 0.25) is 0 Å². The highest BCUT2D eigenvalue weighted by molar-refractivity contribution is 6.37. The Bertz CT molecular complexity index is 947. The molecule has 0 saturated carbocycles. The summed E-state index contributed by atoms with van der Waals surface area (Å²) in [6.45, 7) is 1.83. The van der Waals surface area contributed by atoms with Crippen LogP contribution in [-0.4, -0.2) is 41.1 Å². The predicted molar refractivity (Wildman–Crippen MR) is 100 cm³/mol. The van der Waals surface area contributed by atoms with Crippen molar-refractivity contribution in [2.45, 2.75) is 12.5 Å². The van der Waals surface area contributed by atoms with Crippen molar-refractivity contribution in [1.82, 2.24) is 9.88 Å². The van der Waals surface area contributed by atoms with E-state index in [1.807, 2.05) is 0 Å². The second-order valence-electron chi connectivity index (χ2n) is 6.44. The molecule has 0 fully saturated rings. The molecular formula is C18H17ClFN5O2. The number of halogens is 2. The van der Waals surface area contributed by atoms with E-state index < -0.39 is 23.2 Å². The smallest absolute Gasteiger partial charge is 0.288 e. The van der Waals surface area contributed by atoms with Crippen LogP contribution in [0.3, 0.4) is 0 Å². The normalized spacial score (nSPS) is 19.6. The largest absolute Gasteiger partial charge is 0.379 e. The minimum absolute atomic E-state index is 0.152. The van der Waals surface area contributed by atoms with Gasteiger partial charge in [0, 0.05) is 24.5 Å². The van der Waals surface area contributed by atoms with Crippen molar-refractivity contribution in [3.8, 4) is 0 Å². The highest BCUT2D eigenvalue weighted by atomic mass is 35.5. The molecule has 0 saturated heterocycles. The molecule has 0 unspecified atom stereocenters. The first-order chi connectivity index (χ1) is 12.7. The van der Waals surface area contributed by atoms with Crippen molar-refractivity contribution in [2.24, 2.45) is 10.7 Å². The number of rotatable bonds is 3. The van der Waals surface area contributed by atoms with Gasteiger partial charge in [-0.3, -0.25) is 14.6 Å². The molecule has 1 aromatic heterocycles. The third-order valence-electron chi connectivity index (χ3n) is 4.24. The monoisotopic (exact) mass is 389 g/mol. The average molecular weight is 390 g/mol. The summed E-state index contributed by atoms with van der Waals surface area (Å²) in [4.78, 5) is 33.7. The highest BCUT2D eigenvalue weighted by Crippen LogP contribution is 2.33. The van der Waals surface area contributed by atoms with Gasteiger partial charge < -0.3 is 16.0 Å². The van der Waals surface area contributed by atoms with E-state index in [1.54, 1.807) is 20.0 Å². The summed E-state index contributed by atoms with van der Waals surface area (Å²) in [6.07, 6.45) is 1.36. The van der Waals surface area contributed by atoms with Gasteiger partial charge in [0.25, 0.3) is 11.8 Å². The number of nitrogens with two attached hydrogens (primary N) is 1. The third kappa shape index (κ3) is 3.75. The van der Waals surface area contributed by atoms with E-state index in [1.165, 1.54) is 35.4 Å². The van der Waals surface area contributed by atoms with Crippen LogP contribution in [0.1, 0.15) is 23.0 Å². The van der Waals surface area contributed by atoms with Gasteiger partial charge in [-0.2, -0.15) is 0 Å². The summed E-state index contributed by atoms with van der Waals surface area (Å²) in [5.74, 6) is -1.58. The Morgan fingerprint density at radius 3 is 2.74 bits per heavy atom. The minimum atomic E-state index is -1.07. The Kier molecular flexibility index (Phi) is 4.84. The molecule has 3 N–H and O–H groups in total. The number of amides is 2. The molecule has 27 heavy (non-hydrogen) atoms. The summed E-state index contributed by atoms with van der Waals surface area (Å²) >= 11 is 5.76. The minimum Gasteiger partial charge on any atom is -0.379 e. The van der Waals surface area contributed by atoms with E-state index in [2.05, 4.69) is 15.3 Å². The maximum absolute atomic E-state index is 14.5. The number of aliphatic imine (C=N–C) groups is 1. The van der Waals surface area contributed by atoms with Crippen LogP contribution in [0.2, 0.25) is 5.02 Å². The number of amidine groups is 1. The molecule has 7 nitrogen and oxygen atoms in total. The first-order valence-corrected chi connectivity index (χ1v) is 8.41. The molecule has 1 aromatic carbocycles. The molecule has 0 radical (unpaired) electrons. The van der Waals surface area contributed by atoms with Gasteiger partial charge in [-0.1, -0.05) is 11.6 Å². The lowest BCUT2D eigenvalue weighted by atomic mass is 9.89. The number of hydrogen-bond acceptors (Lipinski definition) is 5. The number of likely N-dealkylation sites (N-methyl/N-ethyl adjacent to an activating group) is 1. The molecule has 1 aliphatic rings. The fourth-order valence-corrected chi connectivity index (χ4v) is 3.06. The number of nitrogens with one attached hydrogen (secondary N) is 1. The third-order valence-corrected chi connectivity index (χ3v) is 4.47. The fourth-order valence-electron chi connectivity index (χ4n) is 2.94. The van der Waals surface area contributed by atoms with Gasteiger partial charge >= 0.3 is 0 Å². The molecule has 140 valence electrons. The zero-order valence-corrected chi connectivity index (χ0v) is 15.4. The van der Waals surface area contributed by atoms with Crippen LogP contribution in [0.15, 0.2) is 41.5 Å². The summed E-state index contributed by atoms with van der Waals surface area (Å²) in [5.41, 5.74) is 5.36. The zero-order chi connectivity index (χ0) is 19.8. The van der Waals surface area contributed by atoms with Crippen LogP contribution < -0.4 is 11.1 Å². The van der Waals surface area contributed by atoms with Crippen molar-refractivity contribution < 1.29 is 14.0 Å². The lowest BCUT2D eigenvalue weighted by Gasteiger charge is -2.35. The van der Waals surface area contributed by atoms with E-state index in [0.717, 1.165) is 0 Å². The van der Waals surface area contributed by atoms with Gasteiger partial charge in [-0.15, -0.1) is 0 Å². The van der Waals surface area contributed by atoms with E-state index in [-0.39, 0.29) is 23.6 Å². The number of carbonyl (C=O) groups excluding carboxylic acids is 2. The SMILES string of the molecule is CN1C[C@](C)(c2cc(NC(=O)c3ccc(Cl)cn3)ccc2F)N=C(N)C1=O. The lowest BCUT2D eigenvalue weighted by molar-refractivity contribution is -0.124. The molecule has 3 rings (SSSR count). The molecule has 0 spiro atoms. The lowest BCUT2D eigenvalue weighted by Crippen LogP contribution is -2.50. The van der Waals surface area contributed by atoms with E-state index in [9.17, 15) is 14.0 Å². The van der Waals surface area contributed by atoms with Crippen molar-refractivity contribution in [1.29, 1.82) is 0 Å². The van der Waals surface area contributed by atoms with Gasteiger partial charge in [-0.25, -0.2) is 9.37 Å². The second-order valence-corrected chi connectivity index (χ2v) is 6.88. The van der Waals surface area contributed by atoms with Gasteiger partial charge in [0.15, 0.2) is 5.84 Å². The number of carbonyl (C=O) groups is 2. The van der Waals surface area contributed by atoms with Gasteiger partial charge in [0.1, 0.15) is 17.1 Å². The topological polar surface area (TPSA) is 101 Å². The maximum atomic E-state index is 14.5. The van der Waals surface area contributed by atoms with Crippen LogP contribution in [0.25, 0.3) is 0 Å². The predicted octanol–water partition coefficient (Wildman–Crippen LogP) is 2.17. The molecule has 0 aliphatic carbocycles. The Labute approximate surface area is 160 Å². The average Bonchev–Trinajstić information content (AvgIpc) is 2.61. The quantitative estimate of drug-likeness (QED) is 0.840. The van der Waals surface area contributed by atoms with Crippen LogP contribution >= 0.6 is 11.6 Å². The summed E-state index contributed by atoms with van der Waals surface area (Å²) < 4.78 is 14.5. The number of aromatic nitrogens is 1. The Morgan fingerprint density at radius 2 is 2.11 bits per heavy atom. The number of anilines is 1. The molecular weight excluding hydrogens is 373 g/mol. The first-order valence-electron chi connectivity index (χ1n) is 8.03. The molecule has 2 heterocycles. The van der Waals surface area contributed by atoms with Crippen molar-refractivity contribution >= 4 is 34.9 Å². The molecule has 1 aliphatic heterocycles. The van der Waals surface area contributed by atoms with Crippen molar-refractivity contribution in [3.63, 3.8) is 0 Å². The highest BCUT2D eigenvalue weighted by Gasteiger charge is 2.37. The van der Waals surface area contributed by atoms with E-state index in [4.69, 9.17) is 17.3 Å². The van der Waals surface area contributed by atoms with E-state index >= 15 is 0 Å². The standard InChI is InChI=1S/C18H17ClFN5O2/c1-18(9-25(2)17(27)15(21)24-18)12-7-11(4-5-13(12)20)23-16(26)14-6-3-10(19)8-22-14/h3-8H,9H2,1-2H3,(H2,21,24)(H,23,26)/t18-/m1/s1. The molecule has 2 amide bonds. The summed E-state index contributed by atoms with van der Waals surface area (Å²) in [5, 5.41) is 3.07. The molecule has 9 heteroatoms. The molecule has 2 aromatic rings. The molecule has 1 atom stereocenters. The second kappa shape index (κ2) is 6.96. The van der Waals surface area contributed by atoms with Crippen LogP contribution in [-0.2, 0) is 10.3 Å². The maximum Gasteiger partial charge on any atom is 0.288 e. The Morgan fingerprint density at radius 1 is 1.37 bits per heavy atom. The Hall–Kier alpha value is -3.00. The van der Waals surface area contributed by atoms with Gasteiger partial charge in [0.05, 0.1) is 11.6 Å². The molecule has 0 bridgehead atoms. The zero-order valence-electron chi connectivity index (χ0n) is 14.7. The number of nitrogens with zero attached hydrogens (tertiary/aromatic N) is 3. The Balaban J connectivity index is 1.92. The first kappa shape index (κ1) is 18.8. The fraction of sp³-hybridized carbons (Fsp3) is 0.222. The van der Waals surface area contributed by atoms with Crippen LogP contribution in [0, 0.1) is 5.82 Å². The van der Waals surface area contributed by atoms with Crippen LogP contribution in [0.5, 0.6) is 0 Å². The van der Waals surface area contributed by atoms with Crippen molar-refractivity contribution in [3.05, 3.63) is 58.6 Å². The van der Waals surface area contributed by atoms with Gasteiger partial charge in [-0.05, 0) is 37.3 Å². The summed E-state index contributed by atoms with van der Waals surface area (Å²) in [6, 6.07) is 7.17. The number of hydrogen-bond donors (Lipinski definition) is 2.